The number of carbonyl (C=O) groups excluding carboxylic acids is 1. The molecule has 0 saturated carbocycles. The van der Waals surface area contributed by atoms with Crippen LogP contribution in [-0.4, -0.2) is 76.0 Å². The first-order chi connectivity index (χ1) is 12.0. The number of likely N-dealkylation sites (tertiary alicyclic amines) is 1. The van der Waals surface area contributed by atoms with E-state index >= 15 is 0 Å². The lowest BCUT2D eigenvalue weighted by molar-refractivity contribution is 0.0326. The maximum absolute atomic E-state index is 12.3. The molecule has 0 radical (unpaired) electrons. The molecule has 1 aromatic heterocycles. The summed E-state index contributed by atoms with van der Waals surface area (Å²) in [5.41, 5.74) is 0. The van der Waals surface area contributed by atoms with Gasteiger partial charge in [-0.1, -0.05) is 0 Å². The van der Waals surface area contributed by atoms with E-state index in [1.54, 1.807) is 0 Å². The van der Waals surface area contributed by atoms with E-state index in [0.29, 0.717) is 6.54 Å². The first-order valence-corrected chi connectivity index (χ1v) is 9.28. The molecule has 25 heavy (non-hydrogen) atoms. The predicted octanol–water partition coefficient (Wildman–Crippen LogP) is 0.945. The number of nitrogens with zero attached hydrogens (tertiary/aromatic N) is 5. The van der Waals surface area contributed by atoms with Gasteiger partial charge in [-0.2, -0.15) is 0 Å². The number of hydrogen-bond donors (Lipinski definition) is 1. The zero-order valence-electron chi connectivity index (χ0n) is 15.6. The van der Waals surface area contributed by atoms with Crippen molar-refractivity contribution in [2.45, 2.75) is 45.2 Å². The Labute approximate surface area is 149 Å². The van der Waals surface area contributed by atoms with Crippen LogP contribution in [0.3, 0.4) is 0 Å². The van der Waals surface area contributed by atoms with Crippen molar-refractivity contribution in [3.63, 3.8) is 0 Å². The largest absolute Gasteiger partial charge is 0.379 e. The standard InChI is InChI=1S/C17H30N6O2/c1-13(2)18-17(24)23-6-4-5-14(11-23)16-20-19-15(21(16)3)12-22-7-9-25-10-8-22/h13-14H,4-12H2,1-3H3,(H,18,24)/t14-/m0/s1. The molecule has 140 valence electrons. The minimum absolute atomic E-state index is 0.0235. The molecule has 0 spiro atoms. The fourth-order valence-corrected chi connectivity index (χ4v) is 3.54. The van der Waals surface area contributed by atoms with Crippen LogP contribution >= 0.6 is 0 Å². The molecule has 1 aromatic rings. The second-order valence-corrected chi connectivity index (χ2v) is 7.31. The van der Waals surface area contributed by atoms with Crippen LogP contribution in [0.25, 0.3) is 0 Å². The van der Waals surface area contributed by atoms with E-state index in [9.17, 15) is 4.79 Å². The third kappa shape index (κ3) is 4.49. The lowest BCUT2D eigenvalue weighted by atomic mass is 9.97. The molecular weight excluding hydrogens is 320 g/mol. The monoisotopic (exact) mass is 350 g/mol. The van der Waals surface area contributed by atoms with E-state index in [-0.39, 0.29) is 18.0 Å². The van der Waals surface area contributed by atoms with Crippen LogP contribution in [0.1, 0.15) is 44.3 Å². The molecule has 3 rings (SSSR count). The van der Waals surface area contributed by atoms with Crippen LogP contribution in [0, 0.1) is 0 Å². The summed E-state index contributed by atoms with van der Waals surface area (Å²) in [7, 11) is 2.04. The van der Waals surface area contributed by atoms with Gasteiger partial charge in [0.2, 0.25) is 0 Å². The number of rotatable bonds is 4. The summed E-state index contributed by atoms with van der Waals surface area (Å²) >= 11 is 0. The Hall–Kier alpha value is -1.67. The molecule has 0 aliphatic carbocycles. The Balaban J connectivity index is 1.64. The molecular formula is C17H30N6O2. The number of morpholine rings is 1. The molecule has 1 atom stereocenters. The fraction of sp³-hybridized carbons (Fsp3) is 0.824. The quantitative estimate of drug-likeness (QED) is 0.875. The molecule has 2 amide bonds. The first-order valence-electron chi connectivity index (χ1n) is 9.28. The van der Waals surface area contributed by atoms with Gasteiger partial charge >= 0.3 is 6.03 Å². The van der Waals surface area contributed by atoms with E-state index in [4.69, 9.17) is 4.74 Å². The van der Waals surface area contributed by atoms with Crippen LogP contribution in [0.5, 0.6) is 0 Å². The summed E-state index contributed by atoms with van der Waals surface area (Å²) in [5.74, 6) is 2.23. The van der Waals surface area contributed by atoms with Gasteiger partial charge in [0.1, 0.15) is 11.6 Å². The highest BCUT2D eigenvalue weighted by Crippen LogP contribution is 2.26. The summed E-state index contributed by atoms with van der Waals surface area (Å²) in [6.45, 7) is 9.75. The van der Waals surface area contributed by atoms with Crippen molar-refractivity contribution in [2.24, 2.45) is 7.05 Å². The SMILES string of the molecule is CC(C)NC(=O)N1CCC[C@H](c2nnc(CN3CCOCC3)n2C)C1. The number of piperidine rings is 1. The van der Waals surface area contributed by atoms with Gasteiger partial charge in [-0.05, 0) is 26.7 Å². The van der Waals surface area contributed by atoms with Gasteiger partial charge in [0.05, 0.1) is 19.8 Å². The van der Waals surface area contributed by atoms with Crippen molar-refractivity contribution in [1.29, 1.82) is 0 Å². The molecule has 0 bridgehead atoms. The van der Waals surface area contributed by atoms with Gasteiger partial charge in [0.25, 0.3) is 0 Å². The predicted molar refractivity (Wildman–Crippen MR) is 94.3 cm³/mol. The maximum atomic E-state index is 12.3. The summed E-state index contributed by atoms with van der Waals surface area (Å²) in [5, 5.41) is 11.9. The normalized spacial score (nSPS) is 22.4. The highest BCUT2D eigenvalue weighted by molar-refractivity contribution is 5.74. The summed E-state index contributed by atoms with van der Waals surface area (Å²) in [4.78, 5) is 16.5. The average Bonchev–Trinajstić information content (AvgIpc) is 2.96. The van der Waals surface area contributed by atoms with E-state index in [2.05, 4.69) is 25.0 Å². The van der Waals surface area contributed by atoms with Crippen molar-refractivity contribution in [3.8, 4) is 0 Å². The molecule has 1 N–H and O–H groups in total. The van der Waals surface area contributed by atoms with Gasteiger partial charge in [-0.3, -0.25) is 4.90 Å². The molecule has 2 fully saturated rings. The third-order valence-electron chi connectivity index (χ3n) is 4.95. The summed E-state index contributed by atoms with van der Waals surface area (Å²) < 4.78 is 7.52. The fourth-order valence-electron chi connectivity index (χ4n) is 3.54. The van der Waals surface area contributed by atoms with Gasteiger partial charge in [0, 0.05) is 45.2 Å². The number of carbonyl (C=O) groups is 1. The second-order valence-electron chi connectivity index (χ2n) is 7.31. The summed E-state index contributed by atoms with van der Waals surface area (Å²) in [6, 6.07) is 0.179. The third-order valence-corrected chi connectivity index (χ3v) is 4.95. The molecule has 2 aliphatic rings. The first kappa shape index (κ1) is 18.1. The van der Waals surface area contributed by atoms with Crippen LogP contribution in [0.4, 0.5) is 4.79 Å². The summed E-state index contributed by atoms with van der Waals surface area (Å²) in [6.07, 6.45) is 2.05. The smallest absolute Gasteiger partial charge is 0.317 e. The van der Waals surface area contributed by atoms with Crippen LogP contribution in [0.2, 0.25) is 0 Å². The molecule has 8 heteroatoms. The van der Waals surface area contributed by atoms with E-state index in [1.165, 1.54) is 0 Å². The molecule has 0 aromatic carbocycles. The lowest BCUT2D eigenvalue weighted by Gasteiger charge is -2.33. The molecule has 3 heterocycles. The Morgan fingerprint density at radius 1 is 1.28 bits per heavy atom. The van der Waals surface area contributed by atoms with E-state index < -0.39 is 0 Å². The second kappa shape index (κ2) is 8.14. The van der Waals surface area contributed by atoms with Gasteiger partial charge in [0.15, 0.2) is 0 Å². The van der Waals surface area contributed by atoms with Crippen molar-refractivity contribution >= 4 is 6.03 Å². The molecule has 2 aliphatic heterocycles. The van der Waals surface area contributed by atoms with Crippen molar-refractivity contribution in [1.82, 2.24) is 29.9 Å². The zero-order chi connectivity index (χ0) is 17.8. The Morgan fingerprint density at radius 3 is 2.76 bits per heavy atom. The number of hydrogen-bond acceptors (Lipinski definition) is 5. The Bertz CT molecular complexity index is 582. The number of aromatic nitrogens is 3. The number of amides is 2. The average molecular weight is 350 g/mol. The van der Waals surface area contributed by atoms with Crippen LogP contribution in [-0.2, 0) is 18.3 Å². The minimum Gasteiger partial charge on any atom is -0.379 e. The topological polar surface area (TPSA) is 75.5 Å². The number of nitrogens with one attached hydrogen (secondary N) is 1. The van der Waals surface area contributed by atoms with Crippen LogP contribution < -0.4 is 5.32 Å². The van der Waals surface area contributed by atoms with E-state index in [0.717, 1.165) is 63.9 Å². The molecule has 0 unspecified atom stereocenters. The minimum atomic E-state index is 0.0235. The van der Waals surface area contributed by atoms with Gasteiger partial charge < -0.3 is 19.5 Å². The number of ether oxygens (including phenoxy) is 1. The van der Waals surface area contributed by atoms with Crippen molar-refractivity contribution in [2.75, 3.05) is 39.4 Å². The zero-order valence-corrected chi connectivity index (χ0v) is 15.6. The van der Waals surface area contributed by atoms with Gasteiger partial charge in [-0.25, -0.2) is 4.79 Å². The van der Waals surface area contributed by atoms with Crippen LogP contribution in [0.15, 0.2) is 0 Å². The van der Waals surface area contributed by atoms with Crippen molar-refractivity contribution < 1.29 is 9.53 Å². The maximum Gasteiger partial charge on any atom is 0.317 e. The number of urea groups is 1. The lowest BCUT2D eigenvalue weighted by Crippen LogP contribution is -2.47. The van der Waals surface area contributed by atoms with Gasteiger partial charge in [-0.15, -0.1) is 10.2 Å². The highest BCUT2D eigenvalue weighted by atomic mass is 16.5. The highest BCUT2D eigenvalue weighted by Gasteiger charge is 2.29. The Morgan fingerprint density at radius 2 is 2.04 bits per heavy atom. The molecule has 8 nitrogen and oxygen atoms in total. The Kier molecular flexibility index (Phi) is 5.90. The van der Waals surface area contributed by atoms with Crippen molar-refractivity contribution in [3.05, 3.63) is 11.6 Å². The molecule has 2 saturated heterocycles. The van der Waals surface area contributed by atoms with E-state index in [1.807, 2.05) is 25.8 Å².